The molecule has 0 spiro atoms. The first-order valence-electron chi connectivity index (χ1n) is 4.68. The molecule has 0 aliphatic carbocycles. The lowest BCUT2D eigenvalue weighted by molar-refractivity contribution is -0.140. The van der Waals surface area contributed by atoms with E-state index in [4.69, 9.17) is 11.6 Å². The number of carbonyl (C=O) groups is 1. The quantitative estimate of drug-likeness (QED) is 0.590. The van der Waals surface area contributed by atoms with E-state index in [1.54, 1.807) is 11.3 Å². The summed E-state index contributed by atoms with van der Waals surface area (Å²) >= 11 is 7.51. The summed E-state index contributed by atoms with van der Waals surface area (Å²) in [6.07, 6.45) is 0. The molecule has 1 heterocycles. The van der Waals surface area contributed by atoms with Crippen LogP contribution >= 0.6 is 22.9 Å². The maximum atomic E-state index is 11.2. The first-order valence-corrected chi connectivity index (χ1v) is 5.93. The van der Waals surface area contributed by atoms with E-state index >= 15 is 0 Å². The Kier molecular flexibility index (Phi) is 3.79. The third-order valence-corrected chi connectivity index (χ3v) is 4.14. The summed E-state index contributed by atoms with van der Waals surface area (Å²) in [6.45, 7) is 6.39. The van der Waals surface area contributed by atoms with Gasteiger partial charge in [0.15, 0.2) is 5.38 Å². The van der Waals surface area contributed by atoms with Gasteiger partial charge in [0.1, 0.15) is 0 Å². The fourth-order valence-electron chi connectivity index (χ4n) is 1.11. The molecule has 1 aromatic rings. The van der Waals surface area contributed by atoms with Crippen molar-refractivity contribution < 1.29 is 9.53 Å². The highest BCUT2D eigenvalue weighted by molar-refractivity contribution is 7.12. The monoisotopic (exact) mass is 246 g/mol. The molecule has 15 heavy (non-hydrogen) atoms. The molecule has 0 amide bonds. The second kappa shape index (κ2) is 4.54. The van der Waals surface area contributed by atoms with Crippen LogP contribution in [-0.2, 0) is 14.9 Å². The van der Waals surface area contributed by atoms with E-state index < -0.39 is 11.3 Å². The summed E-state index contributed by atoms with van der Waals surface area (Å²) in [6, 6.07) is 3.90. The Morgan fingerprint density at radius 3 is 2.47 bits per heavy atom. The molecular formula is C11H15ClO2S. The van der Waals surface area contributed by atoms with Gasteiger partial charge in [-0.15, -0.1) is 22.9 Å². The minimum Gasteiger partial charge on any atom is -0.468 e. The summed E-state index contributed by atoms with van der Waals surface area (Å²) in [5, 5.41) is -0.684. The van der Waals surface area contributed by atoms with Gasteiger partial charge in [0.05, 0.1) is 7.11 Å². The maximum absolute atomic E-state index is 11.2. The Morgan fingerprint density at radius 2 is 2.07 bits per heavy atom. The predicted molar refractivity (Wildman–Crippen MR) is 63.6 cm³/mol. The zero-order valence-electron chi connectivity index (χ0n) is 9.33. The highest BCUT2D eigenvalue weighted by atomic mass is 35.5. The van der Waals surface area contributed by atoms with Crippen molar-refractivity contribution in [2.75, 3.05) is 7.11 Å². The van der Waals surface area contributed by atoms with E-state index in [1.165, 1.54) is 12.0 Å². The van der Waals surface area contributed by atoms with Crippen LogP contribution in [0.3, 0.4) is 0 Å². The summed E-state index contributed by atoms with van der Waals surface area (Å²) in [5.41, 5.74) is 0.0929. The predicted octanol–water partition coefficient (Wildman–Crippen LogP) is 3.50. The summed E-state index contributed by atoms with van der Waals surface area (Å²) in [4.78, 5) is 13.3. The SMILES string of the molecule is COC(=O)C(Cl)c1ccc(C(C)(C)C)s1. The van der Waals surface area contributed by atoms with E-state index in [9.17, 15) is 4.79 Å². The molecule has 0 N–H and O–H groups in total. The normalized spacial score (nSPS) is 13.7. The second-order valence-electron chi connectivity index (χ2n) is 4.34. The van der Waals surface area contributed by atoms with E-state index in [-0.39, 0.29) is 5.41 Å². The number of carbonyl (C=O) groups excluding carboxylic acids is 1. The number of halogens is 1. The van der Waals surface area contributed by atoms with Crippen molar-refractivity contribution in [1.29, 1.82) is 0 Å². The van der Waals surface area contributed by atoms with Crippen LogP contribution in [-0.4, -0.2) is 13.1 Å². The average molecular weight is 247 g/mol. The van der Waals surface area contributed by atoms with Crippen molar-refractivity contribution in [3.63, 3.8) is 0 Å². The Balaban J connectivity index is 2.89. The molecule has 0 aromatic carbocycles. The van der Waals surface area contributed by atoms with Crippen molar-refractivity contribution in [2.24, 2.45) is 0 Å². The lowest BCUT2D eigenvalue weighted by atomic mass is 9.95. The fraction of sp³-hybridized carbons (Fsp3) is 0.545. The van der Waals surface area contributed by atoms with E-state index in [0.29, 0.717) is 0 Å². The van der Waals surface area contributed by atoms with Crippen molar-refractivity contribution in [3.8, 4) is 0 Å². The highest BCUT2D eigenvalue weighted by Crippen LogP contribution is 2.34. The van der Waals surface area contributed by atoms with Crippen molar-refractivity contribution in [2.45, 2.75) is 31.6 Å². The molecule has 84 valence electrons. The topological polar surface area (TPSA) is 26.3 Å². The van der Waals surface area contributed by atoms with Gasteiger partial charge in [0, 0.05) is 9.75 Å². The smallest absolute Gasteiger partial charge is 0.329 e. The van der Waals surface area contributed by atoms with Crippen LogP contribution in [0.2, 0.25) is 0 Å². The second-order valence-corrected chi connectivity index (χ2v) is 5.89. The van der Waals surface area contributed by atoms with Gasteiger partial charge < -0.3 is 4.74 Å². The molecule has 1 aromatic heterocycles. The number of thiophene rings is 1. The Hall–Kier alpha value is -0.540. The van der Waals surface area contributed by atoms with Crippen LogP contribution in [0.5, 0.6) is 0 Å². The van der Waals surface area contributed by atoms with Gasteiger partial charge in [-0.3, -0.25) is 4.79 Å². The molecular weight excluding hydrogens is 232 g/mol. The Bertz CT molecular complexity index is 352. The van der Waals surface area contributed by atoms with Crippen molar-refractivity contribution >= 4 is 28.9 Å². The molecule has 0 aliphatic rings. The van der Waals surface area contributed by atoms with Crippen LogP contribution in [0.25, 0.3) is 0 Å². The number of hydrogen-bond donors (Lipinski definition) is 0. The first kappa shape index (κ1) is 12.5. The summed E-state index contributed by atoms with van der Waals surface area (Å²) in [7, 11) is 1.34. The number of esters is 1. The van der Waals surface area contributed by atoms with Gasteiger partial charge in [-0.05, 0) is 17.5 Å². The standard InChI is InChI=1S/C11H15ClO2S/c1-11(2,3)8-6-5-7(15-8)9(12)10(13)14-4/h5-6,9H,1-4H3. The van der Waals surface area contributed by atoms with Gasteiger partial charge in [-0.2, -0.15) is 0 Å². The average Bonchev–Trinajstić information content (AvgIpc) is 2.63. The first-order chi connectivity index (χ1) is 6.86. The Labute approximate surface area is 99.2 Å². The molecule has 0 saturated heterocycles. The third kappa shape index (κ3) is 2.95. The van der Waals surface area contributed by atoms with Crippen molar-refractivity contribution in [1.82, 2.24) is 0 Å². The molecule has 4 heteroatoms. The van der Waals surface area contributed by atoms with Crippen LogP contribution in [0.15, 0.2) is 12.1 Å². The molecule has 1 atom stereocenters. The number of alkyl halides is 1. The van der Waals surface area contributed by atoms with Crippen LogP contribution in [0.4, 0.5) is 0 Å². The number of hydrogen-bond acceptors (Lipinski definition) is 3. The highest BCUT2D eigenvalue weighted by Gasteiger charge is 2.23. The van der Waals surface area contributed by atoms with Gasteiger partial charge in [0.2, 0.25) is 0 Å². The molecule has 0 saturated carbocycles. The third-order valence-electron chi connectivity index (χ3n) is 2.02. The van der Waals surface area contributed by atoms with Crippen LogP contribution < -0.4 is 0 Å². The molecule has 0 aliphatic heterocycles. The number of rotatable bonds is 2. The van der Waals surface area contributed by atoms with Gasteiger partial charge in [-0.1, -0.05) is 20.8 Å². The van der Waals surface area contributed by atoms with Crippen LogP contribution in [0.1, 0.15) is 35.9 Å². The lowest BCUT2D eigenvalue weighted by Gasteiger charge is -2.15. The molecule has 0 fully saturated rings. The zero-order valence-corrected chi connectivity index (χ0v) is 10.9. The van der Waals surface area contributed by atoms with Gasteiger partial charge in [0.25, 0.3) is 0 Å². The van der Waals surface area contributed by atoms with E-state index in [2.05, 4.69) is 25.5 Å². The maximum Gasteiger partial charge on any atom is 0.329 e. The Morgan fingerprint density at radius 1 is 1.47 bits per heavy atom. The summed E-state index contributed by atoms with van der Waals surface area (Å²) in [5.74, 6) is -0.404. The minimum absolute atomic E-state index is 0.0929. The van der Waals surface area contributed by atoms with Gasteiger partial charge in [-0.25, -0.2) is 0 Å². The number of methoxy groups -OCH3 is 1. The molecule has 0 radical (unpaired) electrons. The molecule has 0 bridgehead atoms. The lowest BCUT2D eigenvalue weighted by Crippen LogP contribution is -2.08. The fourth-order valence-corrected chi connectivity index (χ4v) is 2.44. The van der Waals surface area contributed by atoms with Crippen LogP contribution in [0, 0.1) is 0 Å². The summed E-state index contributed by atoms with van der Waals surface area (Å²) < 4.78 is 4.60. The zero-order chi connectivity index (χ0) is 11.6. The molecule has 1 unspecified atom stereocenters. The molecule has 2 nitrogen and oxygen atoms in total. The molecule has 1 rings (SSSR count). The largest absolute Gasteiger partial charge is 0.468 e. The minimum atomic E-state index is -0.684. The van der Waals surface area contributed by atoms with E-state index in [1.807, 2.05) is 12.1 Å². The van der Waals surface area contributed by atoms with E-state index in [0.717, 1.165) is 4.88 Å². The van der Waals surface area contributed by atoms with Gasteiger partial charge >= 0.3 is 5.97 Å². The van der Waals surface area contributed by atoms with Crippen molar-refractivity contribution in [3.05, 3.63) is 21.9 Å². The number of ether oxygens (including phenoxy) is 1.